The van der Waals surface area contributed by atoms with Crippen molar-refractivity contribution in [3.8, 4) is 5.75 Å². The van der Waals surface area contributed by atoms with Crippen LogP contribution in [0.25, 0.3) is 11.0 Å². The number of para-hydroxylation sites is 1. The number of hydrogen-bond donors (Lipinski definition) is 0. The highest BCUT2D eigenvalue weighted by Gasteiger charge is 2.10. The van der Waals surface area contributed by atoms with E-state index >= 15 is 0 Å². The topological polar surface area (TPSA) is 39.4 Å². The Morgan fingerprint density at radius 3 is 2.61 bits per heavy atom. The summed E-state index contributed by atoms with van der Waals surface area (Å²) in [5.74, 6) is 1.53. The molecule has 0 spiro atoms. The molecule has 3 nitrogen and oxygen atoms in total. The van der Waals surface area contributed by atoms with Crippen LogP contribution in [0.15, 0.2) is 56.6 Å². The van der Waals surface area contributed by atoms with Crippen molar-refractivity contribution in [2.45, 2.75) is 24.5 Å². The molecule has 4 heteroatoms. The second-order valence-electron chi connectivity index (χ2n) is 5.46. The van der Waals surface area contributed by atoms with Crippen LogP contribution in [-0.2, 0) is 5.75 Å². The summed E-state index contributed by atoms with van der Waals surface area (Å²) in [4.78, 5) is 12.9. The Bertz CT molecular complexity index is 912. The zero-order chi connectivity index (χ0) is 16.4. The van der Waals surface area contributed by atoms with Crippen LogP contribution >= 0.6 is 11.8 Å². The van der Waals surface area contributed by atoms with Gasteiger partial charge in [-0.15, -0.1) is 11.8 Å². The number of rotatable bonds is 4. The molecule has 0 aliphatic rings. The molecule has 0 amide bonds. The third-order valence-electron chi connectivity index (χ3n) is 3.90. The fourth-order valence-electron chi connectivity index (χ4n) is 2.50. The molecule has 23 heavy (non-hydrogen) atoms. The van der Waals surface area contributed by atoms with Gasteiger partial charge in [0.25, 0.3) is 0 Å². The molecule has 0 aliphatic carbocycles. The summed E-state index contributed by atoms with van der Waals surface area (Å²) in [5, 5.41) is 0.995. The summed E-state index contributed by atoms with van der Waals surface area (Å²) < 4.78 is 10.7. The quantitative estimate of drug-likeness (QED) is 0.514. The van der Waals surface area contributed by atoms with Crippen molar-refractivity contribution in [1.29, 1.82) is 0 Å². The average molecular weight is 326 g/mol. The molecule has 0 atom stereocenters. The van der Waals surface area contributed by atoms with E-state index in [4.69, 9.17) is 9.15 Å². The van der Waals surface area contributed by atoms with Gasteiger partial charge in [-0.1, -0.05) is 12.1 Å². The van der Waals surface area contributed by atoms with Gasteiger partial charge in [-0.05, 0) is 54.8 Å². The van der Waals surface area contributed by atoms with Gasteiger partial charge in [0.2, 0.25) is 0 Å². The van der Waals surface area contributed by atoms with Crippen LogP contribution in [0.4, 0.5) is 0 Å². The van der Waals surface area contributed by atoms with Crippen molar-refractivity contribution in [2.75, 3.05) is 7.11 Å². The minimum atomic E-state index is -0.309. The number of fused-ring (bicyclic) bond motifs is 1. The zero-order valence-electron chi connectivity index (χ0n) is 13.4. The molecule has 2 aromatic carbocycles. The Morgan fingerprint density at radius 1 is 1.09 bits per heavy atom. The molecule has 0 saturated carbocycles. The molecule has 1 aromatic heterocycles. The molecular weight excluding hydrogens is 308 g/mol. The van der Waals surface area contributed by atoms with Crippen molar-refractivity contribution in [2.24, 2.45) is 0 Å². The average Bonchev–Trinajstić information content (AvgIpc) is 2.54. The summed E-state index contributed by atoms with van der Waals surface area (Å²) in [6.07, 6.45) is 0. The van der Waals surface area contributed by atoms with Gasteiger partial charge in [0.15, 0.2) is 0 Å². The van der Waals surface area contributed by atoms with E-state index in [1.807, 2.05) is 37.3 Å². The van der Waals surface area contributed by atoms with Gasteiger partial charge < -0.3 is 9.15 Å². The number of thioether (sulfide) groups is 1. The van der Waals surface area contributed by atoms with Crippen LogP contribution in [-0.4, -0.2) is 7.11 Å². The van der Waals surface area contributed by atoms with Crippen LogP contribution in [0.3, 0.4) is 0 Å². The maximum absolute atomic E-state index is 11.8. The van der Waals surface area contributed by atoms with Crippen molar-refractivity contribution in [3.05, 3.63) is 69.6 Å². The van der Waals surface area contributed by atoms with Crippen LogP contribution in [0.1, 0.15) is 16.7 Å². The van der Waals surface area contributed by atoms with Gasteiger partial charge >= 0.3 is 5.63 Å². The highest BCUT2D eigenvalue weighted by Crippen LogP contribution is 2.33. The Hall–Kier alpha value is -2.20. The standard InChI is InChI=1S/C19H18O3S/c1-12-8-15-14(10-19(20)22-17(15)9-13(12)2)11-23-18-7-5-4-6-16(18)21-3/h4-10H,11H2,1-3H3. The highest BCUT2D eigenvalue weighted by molar-refractivity contribution is 7.98. The Labute approximate surface area is 139 Å². The minimum Gasteiger partial charge on any atom is -0.496 e. The SMILES string of the molecule is COc1ccccc1SCc1cc(=O)oc2cc(C)c(C)cc12. The zero-order valence-corrected chi connectivity index (χ0v) is 14.2. The van der Waals surface area contributed by atoms with E-state index in [2.05, 4.69) is 13.0 Å². The molecule has 3 aromatic rings. The summed E-state index contributed by atoms with van der Waals surface area (Å²) in [6.45, 7) is 4.09. The highest BCUT2D eigenvalue weighted by atomic mass is 32.2. The lowest BCUT2D eigenvalue weighted by Gasteiger charge is -2.10. The smallest absolute Gasteiger partial charge is 0.336 e. The first kappa shape index (κ1) is 15.7. The third-order valence-corrected chi connectivity index (χ3v) is 5.00. The predicted molar refractivity (Wildman–Crippen MR) is 94.5 cm³/mol. The molecule has 0 fully saturated rings. The predicted octanol–water partition coefficient (Wildman–Crippen LogP) is 4.71. The number of ether oxygens (including phenoxy) is 1. The van der Waals surface area contributed by atoms with Gasteiger partial charge in [-0.25, -0.2) is 4.79 Å². The lowest BCUT2D eigenvalue weighted by atomic mass is 10.0. The molecule has 0 N–H and O–H groups in total. The molecule has 0 radical (unpaired) electrons. The van der Waals surface area contributed by atoms with Gasteiger partial charge in [-0.2, -0.15) is 0 Å². The maximum atomic E-state index is 11.8. The van der Waals surface area contributed by atoms with E-state index in [9.17, 15) is 4.79 Å². The van der Waals surface area contributed by atoms with Gasteiger partial charge in [0, 0.05) is 22.1 Å². The second kappa shape index (κ2) is 6.50. The van der Waals surface area contributed by atoms with Crippen LogP contribution < -0.4 is 10.4 Å². The maximum Gasteiger partial charge on any atom is 0.336 e. The van der Waals surface area contributed by atoms with E-state index in [0.717, 1.165) is 27.2 Å². The number of benzene rings is 2. The van der Waals surface area contributed by atoms with Gasteiger partial charge in [0.05, 0.1) is 7.11 Å². The van der Waals surface area contributed by atoms with Crippen LogP contribution in [0, 0.1) is 13.8 Å². The first-order chi connectivity index (χ1) is 11.1. The van der Waals surface area contributed by atoms with E-state index in [1.54, 1.807) is 24.9 Å². The number of aryl methyl sites for hydroxylation is 2. The number of hydrogen-bond acceptors (Lipinski definition) is 4. The Balaban J connectivity index is 1.99. The van der Waals surface area contributed by atoms with Crippen molar-refractivity contribution in [3.63, 3.8) is 0 Å². The van der Waals surface area contributed by atoms with Crippen molar-refractivity contribution >= 4 is 22.7 Å². The fourth-order valence-corrected chi connectivity index (χ4v) is 3.51. The van der Waals surface area contributed by atoms with Crippen molar-refractivity contribution < 1.29 is 9.15 Å². The van der Waals surface area contributed by atoms with Crippen molar-refractivity contribution in [1.82, 2.24) is 0 Å². The van der Waals surface area contributed by atoms with Crippen LogP contribution in [0.5, 0.6) is 5.75 Å². The fraction of sp³-hybridized carbons (Fsp3) is 0.211. The molecule has 0 bridgehead atoms. The second-order valence-corrected chi connectivity index (χ2v) is 6.48. The molecule has 0 saturated heterocycles. The minimum absolute atomic E-state index is 0.309. The lowest BCUT2D eigenvalue weighted by molar-refractivity contribution is 0.405. The summed E-state index contributed by atoms with van der Waals surface area (Å²) in [6, 6.07) is 13.5. The molecule has 1 heterocycles. The molecule has 0 unspecified atom stereocenters. The normalized spacial score (nSPS) is 10.9. The first-order valence-corrected chi connectivity index (χ1v) is 8.37. The largest absolute Gasteiger partial charge is 0.496 e. The summed E-state index contributed by atoms with van der Waals surface area (Å²) in [5.41, 5.74) is 3.63. The summed E-state index contributed by atoms with van der Waals surface area (Å²) >= 11 is 1.65. The lowest BCUT2D eigenvalue weighted by Crippen LogP contribution is -2.00. The van der Waals surface area contributed by atoms with Gasteiger partial charge in [-0.3, -0.25) is 0 Å². The van der Waals surface area contributed by atoms with E-state index in [1.165, 1.54) is 5.56 Å². The van der Waals surface area contributed by atoms with E-state index < -0.39 is 0 Å². The first-order valence-electron chi connectivity index (χ1n) is 7.38. The third kappa shape index (κ3) is 3.27. The van der Waals surface area contributed by atoms with E-state index in [0.29, 0.717) is 11.3 Å². The Morgan fingerprint density at radius 2 is 1.83 bits per heavy atom. The van der Waals surface area contributed by atoms with E-state index in [-0.39, 0.29) is 5.63 Å². The Kier molecular flexibility index (Phi) is 4.44. The number of methoxy groups -OCH3 is 1. The molecule has 118 valence electrons. The van der Waals surface area contributed by atoms with Gasteiger partial charge in [0.1, 0.15) is 11.3 Å². The molecular formula is C19H18O3S. The molecule has 0 aliphatic heterocycles. The van der Waals surface area contributed by atoms with Crippen LogP contribution in [0.2, 0.25) is 0 Å². The summed E-state index contributed by atoms with van der Waals surface area (Å²) in [7, 11) is 1.66. The monoisotopic (exact) mass is 326 g/mol. The molecule has 3 rings (SSSR count).